The van der Waals surface area contributed by atoms with Gasteiger partial charge >= 0.3 is 5.97 Å². The molecule has 0 aromatic heterocycles. The third-order valence-corrected chi connectivity index (χ3v) is 3.80. The Bertz CT molecular complexity index is 477. The Hall–Kier alpha value is -1.59. The largest absolute Gasteiger partial charge is 0.491 e. The lowest BCUT2D eigenvalue weighted by Gasteiger charge is -2.32. The van der Waals surface area contributed by atoms with Gasteiger partial charge in [-0.2, -0.15) is 0 Å². The molecule has 0 saturated carbocycles. The average Bonchev–Trinajstić information content (AvgIpc) is 2.50. The Morgan fingerprint density at radius 3 is 3.05 bits per heavy atom. The second-order valence-electron chi connectivity index (χ2n) is 5.74. The van der Waals surface area contributed by atoms with E-state index in [-0.39, 0.29) is 12.5 Å². The fourth-order valence-electron chi connectivity index (χ4n) is 2.69. The molecule has 1 aromatic carbocycles. The number of aliphatic carboxylic acids is 1. The summed E-state index contributed by atoms with van der Waals surface area (Å²) in [5.41, 5.74) is 1.18. The van der Waals surface area contributed by atoms with Crippen LogP contribution in [0.2, 0.25) is 0 Å². The summed E-state index contributed by atoms with van der Waals surface area (Å²) >= 11 is 0. The second kappa shape index (κ2) is 8.76. The number of likely N-dealkylation sites (tertiary alicyclic amines) is 1. The Morgan fingerprint density at radius 2 is 2.27 bits per heavy atom. The van der Waals surface area contributed by atoms with Crippen molar-refractivity contribution in [2.75, 3.05) is 32.8 Å². The number of aryl methyl sites for hydroxylation is 1. The number of carbonyl (C=O) groups is 1. The summed E-state index contributed by atoms with van der Waals surface area (Å²) in [5, 5.41) is 8.74. The highest BCUT2D eigenvalue weighted by molar-refractivity contribution is 5.66. The summed E-state index contributed by atoms with van der Waals surface area (Å²) in [6, 6.07) is 7.97. The van der Waals surface area contributed by atoms with Gasteiger partial charge in [-0.1, -0.05) is 12.1 Å². The molecule has 2 rings (SSSR count). The molecule has 1 unspecified atom stereocenters. The van der Waals surface area contributed by atoms with Crippen molar-refractivity contribution in [2.24, 2.45) is 0 Å². The highest BCUT2D eigenvalue weighted by atomic mass is 16.5. The van der Waals surface area contributed by atoms with Crippen LogP contribution in [0.3, 0.4) is 0 Å². The van der Waals surface area contributed by atoms with Gasteiger partial charge in [0.25, 0.3) is 0 Å². The predicted octanol–water partition coefficient (Wildman–Crippen LogP) is 2.33. The van der Waals surface area contributed by atoms with Crippen molar-refractivity contribution >= 4 is 5.97 Å². The van der Waals surface area contributed by atoms with Gasteiger partial charge in [0.15, 0.2) is 0 Å². The summed E-state index contributed by atoms with van der Waals surface area (Å²) in [4.78, 5) is 12.8. The smallest absolute Gasteiger partial charge is 0.304 e. The molecule has 1 atom stereocenters. The number of piperidine rings is 1. The first kappa shape index (κ1) is 16.8. The highest BCUT2D eigenvalue weighted by Crippen LogP contribution is 2.15. The topological polar surface area (TPSA) is 59.0 Å². The molecule has 1 heterocycles. The summed E-state index contributed by atoms with van der Waals surface area (Å²) in [7, 11) is 0. The van der Waals surface area contributed by atoms with E-state index in [1.807, 2.05) is 31.2 Å². The molecule has 5 nitrogen and oxygen atoms in total. The van der Waals surface area contributed by atoms with Crippen molar-refractivity contribution in [1.29, 1.82) is 0 Å². The van der Waals surface area contributed by atoms with E-state index in [1.165, 1.54) is 5.56 Å². The molecule has 1 aliphatic heterocycles. The number of carboxylic acid groups (broad SMARTS) is 1. The van der Waals surface area contributed by atoms with Gasteiger partial charge in [-0.25, -0.2) is 0 Å². The molecule has 0 amide bonds. The molecule has 22 heavy (non-hydrogen) atoms. The molecule has 0 spiro atoms. The van der Waals surface area contributed by atoms with Crippen LogP contribution in [-0.2, 0) is 9.53 Å². The third kappa shape index (κ3) is 6.03. The van der Waals surface area contributed by atoms with Crippen LogP contribution >= 0.6 is 0 Å². The van der Waals surface area contributed by atoms with Gasteiger partial charge in [-0.3, -0.25) is 4.79 Å². The normalized spacial score (nSPS) is 19.0. The van der Waals surface area contributed by atoms with E-state index in [0.29, 0.717) is 19.8 Å². The number of benzene rings is 1. The van der Waals surface area contributed by atoms with Gasteiger partial charge in [0.05, 0.1) is 19.1 Å². The zero-order valence-corrected chi connectivity index (χ0v) is 13.2. The number of carboxylic acids is 1. The van der Waals surface area contributed by atoms with E-state index >= 15 is 0 Å². The van der Waals surface area contributed by atoms with Gasteiger partial charge in [0, 0.05) is 13.1 Å². The van der Waals surface area contributed by atoms with Gasteiger partial charge in [-0.05, 0) is 44.0 Å². The molecule has 0 aliphatic carbocycles. The minimum atomic E-state index is -0.741. The predicted molar refractivity (Wildman–Crippen MR) is 84.3 cm³/mol. The van der Waals surface area contributed by atoms with Crippen LogP contribution in [0.1, 0.15) is 24.8 Å². The van der Waals surface area contributed by atoms with Crippen LogP contribution in [0.4, 0.5) is 0 Å². The van der Waals surface area contributed by atoms with E-state index in [4.69, 9.17) is 14.6 Å². The van der Waals surface area contributed by atoms with E-state index in [9.17, 15) is 4.79 Å². The van der Waals surface area contributed by atoms with Crippen molar-refractivity contribution < 1.29 is 19.4 Å². The maximum atomic E-state index is 10.6. The fraction of sp³-hybridized carbons (Fsp3) is 0.588. The number of rotatable bonds is 8. The lowest BCUT2D eigenvalue weighted by atomic mass is 10.1. The number of hydrogen-bond acceptors (Lipinski definition) is 4. The minimum absolute atomic E-state index is 0.184. The molecule has 5 heteroatoms. The van der Waals surface area contributed by atoms with Crippen molar-refractivity contribution in [3.05, 3.63) is 29.8 Å². The van der Waals surface area contributed by atoms with Crippen LogP contribution in [0, 0.1) is 6.92 Å². The summed E-state index contributed by atoms with van der Waals surface area (Å²) in [6.45, 7) is 5.53. The van der Waals surface area contributed by atoms with Crippen molar-refractivity contribution in [2.45, 2.75) is 32.3 Å². The molecule has 0 radical (unpaired) electrons. The van der Waals surface area contributed by atoms with Crippen LogP contribution < -0.4 is 4.74 Å². The molecular formula is C17H25NO4. The third-order valence-electron chi connectivity index (χ3n) is 3.80. The Balaban J connectivity index is 1.63. The maximum Gasteiger partial charge on any atom is 0.304 e. The van der Waals surface area contributed by atoms with E-state index in [0.717, 1.165) is 31.7 Å². The SMILES string of the molecule is Cc1cccc(OCCOC2CCCN(CCC(=O)O)C2)c1. The quantitative estimate of drug-likeness (QED) is 0.747. The molecule has 1 fully saturated rings. The lowest BCUT2D eigenvalue weighted by molar-refractivity contribution is -0.137. The number of hydrogen-bond donors (Lipinski definition) is 1. The Labute approximate surface area is 131 Å². The second-order valence-corrected chi connectivity index (χ2v) is 5.74. The van der Waals surface area contributed by atoms with Crippen molar-refractivity contribution in [3.8, 4) is 5.75 Å². The molecule has 1 N–H and O–H groups in total. The van der Waals surface area contributed by atoms with Gasteiger partial charge in [-0.15, -0.1) is 0 Å². The number of nitrogens with zero attached hydrogens (tertiary/aromatic N) is 1. The zero-order chi connectivity index (χ0) is 15.8. The molecule has 0 bridgehead atoms. The molecular weight excluding hydrogens is 282 g/mol. The van der Waals surface area contributed by atoms with E-state index in [2.05, 4.69) is 4.90 Å². The van der Waals surface area contributed by atoms with Gasteiger partial charge in [0.2, 0.25) is 0 Å². The molecule has 1 aromatic rings. The fourth-order valence-corrected chi connectivity index (χ4v) is 2.69. The summed E-state index contributed by atoms with van der Waals surface area (Å²) in [6.07, 6.45) is 2.48. The van der Waals surface area contributed by atoms with Crippen LogP contribution in [0.15, 0.2) is 24.3 Å². The van der Waals surface area contributed by atoms with Gasteiger partial charge in [0.1, 0.15) is 12.4 Å². The zero-order valence-electron chi connectivity index (χ0n) is 13.2. The van der Waals surface area contributed by atoms with Crippen LogP contribution in [-0.4, -0.2) is 54.9 Å². The van der Waals surface area contributed by atoms with Gasteiger partial charge < -0.3 is 19.5 Å². The van der Waals surface area contributed by atoms with E-state index < -0.39 is 5.97 Å². The minimum Gasteiger partial charge on any atom is -0.491 e. The van der Waals surface area contributed by atoms with Crippen LogP contribution in [0.25, 0.3) is 0 Å². The maximum absolute atomic E-state index is 10.6. The molecule has 1 saturated heterocycles. The summed E-state index contributed by atoms with van der Waals surface area (Å²) in [5.74, 6) is 0.130. The highest BCUT2D eigenvalue weighted by Gasteiger charge is 2.20. The van der Waals surface area contributed by atoms with Crippen molar-refractivity contribution in [1.82, 2.24) is 4.90 Å². The standard InChI is InChI=1S/C17H25NO4/c1-14-4-2-5-15(12-14)21-10-11-22-16-6-3-8-18(13-16)9-7-17(19)20/h2,4-5,12,16H,3,6-11,13H2,1H3,(H,19,20). The Morgan fingerprint density at radius 1 is 1.41 bits per heavy atom. The number of ether oxygens (including phenoxy) is 2. The molecule has 122 valence electrons. The molecule has 1 aliphatic rings. The lowest BCUT2D eigenvalue weighted by Crippen LogP contribution is -2.41. The first-order valence-electron chi connectivity index (χ1n) is 7.89. The van der Waals surface area contributed by atoms with Crippen molar-refractivity contribution in [3.63, 3.8) is 0 Å². The first-order chi connectivity index (χ1) is 10.6. The van der Waals surface area contributed by atoms with E-state index in [1.54, 1.807) is 0 Å². The first-order valence-corrected chi connectivity index (χ1v) is 7.89. The summed E-state index contributed by atoms with van der Waals surface area (Å²) < 4.78 is 11.5. The Kier molecular flexibility index (Phi) is 6.68. The monoisotopic (exact) mass is 307 g/mol. The van der Waals surface area contributed by atoms with Crippen LogP contribution in [0.5, 0.6) is 5.75 Å². The average molecular weight is 307 g/mol.